The fourth-order valence-corrected chi connectivity index (χ4v) is 2.08. The summed E-state index contributed by atoms with van der Waals surface area (Å²) in [6.45, 7) is 2.04. The third-order valence-corrected chi connectivity index (χ3v) is 3.24. The number of hydrogen-bond donors (Lipinski definition) is 2. The first-order valence-corrected chi connectivity index (χ1v) is 7.07. The van der Waals surface area contributed by atoms with Crippen LogP contribution in [0.5, 0.6) is 0 Å². The zero-order valence-corrected chi connectivity index (χ0v) is 11.9. The van der Waals surface area contributed by atoms with E-state index in [1.165, 1.54) is 11.3 Å². The number of rotatable bonds is 4. The van der Waals surface area contributed by atoms with Crippen molar-refractivity contribution in [2.45, 2.75) is 13.3 Å². The SMILES string of the molecule is Cc1csc(NN=Cc2ccc(C#CCCO)cc2)n1. The first-order valence-electron chi connectivity index (χ1n) is 6.19. The molecule has 2 rings (SSSR count). The number of aliphatic hydroxyl groups is 1. The Morgan fingerprint density at radius 3 is 2.85 bits per heavy atom. The Morgan fingerprint density at radius 2 is 2.20 bits per heavy atom. The van der Waals surface area contributed by atoms with E-state index in [1.54, 1.807) is 6.21 Å². The molecule has 0 saturated carbocycles. The molecule has 4 nitrogen and oxygen atoms in total. The highest BCUT2D eigenvalue weighted by atomic mass is 32.1. The maximum Gasteiger partial charge on any atom is 0.203 e. The van der Waals surface area contributed by atoms with Gasteiger partial charge in [0.2, 0.25) is 5.13 Å². The first kappa shape index (κ1) is 14.3. The molecule has 0 saturated heterocycles. The van der Waals surface area contributed by atoms with Crippen molar-refractivity contribution in [1.82, 2.24) is 4.98 Å². The lowest BCUT2D eigenvalue weighted by Gasteiger charge is -1.95. The number of benzene rings is 1. The number of aromatic nitrogens is 1. The van der Waals surface area contributed by atoms with E-state index in [9.17, 15) is 0 Å². The van der Waals surface area contributed by atoms with Crippen LogP contribution in [0.3, 0.4) is 0 Å². The molecule has 5 heteroatoms. The van der Waals surface area contributed by atoms with Crippen LogP contribution in [0.15, 0.2) is 34.7 Å². The van der Waals surface area contributed by atoms with Crippen molar-refractivity contribution < 1.29 is 5.11 Å². The van der Waals surface area contributed by atoms with E-state index in [0.29, 0.717) is 6.42 Å². The molecule has 0 amide bonds. The lowest BCUT2D eigenvalue weighted by molar-refractivity contribution is 0.305. The van der Waals surface area contributed by atoms with Gasteiger partial charge >= 0.3 is 0 Å². The molecule has 0 spiro atoms. The Bertz CT molecular complexity index is 635. The lowest BCUT2D eigenvalue weighted by Crippen LogP contribution is -1.90. The average Bonchev–Trinajstić information content (AvgIpc) is 2.87. The van der Waals surface area contributed by atoms with Gasteiger partial charge in [0, 0.05) is 17.4 Å². The molecule has 0 unspecified atom stereocenters. The fourth-order valence-electron chi connectivity index (χ4n) is 1.44. The van der Waals surface area contributed by atoms with Crippen LogP contribution >= 0.6 is 11.3 Å². The van der Waals surface area contributed by atoms with E-state index in [1.807, 2.05) is 36.6 Å². The second-order valence-electron chi connectivity index (χ2n) is 4.06. The van der Waals surface area contributed by atoms with Crippen molar-refractivity contribution in [1.29, 1.82) is 0 Å². The van der Waals surface area contributed by atoms with Crippen LogP contribution in [-0.2, 0) is 0 Å². The van der Waals surface area contributed by atoms with Crippen molar-refractivity contribution >= 4 is 22.7 Å². The minimum atomic E-state index is 0.0969. The summed E-state index contributed by atoms with van der Waals surface area (Å²) in [6.07, 6.45) is 2.24. The topological polar surface area (TPSA) is 57.5 Å². The Kier molecular flexibility index (Phi) is 5.30. The smallest absolute Gasteiger partial charge is 0.203 e. The number of hydrogen-bond acceptors (Lipinski definition) is 5. The van der Waals surface area contributed by atoms with Crippen molar-refractivity contribution in [3.63, 3.8) is 0 Å². The van der Waals surface area contributed by atoms with Crippen molar-refractivity contribution in [3.05, 3.63) is 46.5 Å². The van der Waals surface area contributed by atoms with Gasteiger partial charge in [0.1, 0.15) is 0 Å². The van der Waals surface area contributed by atoms with Crippen LogP contribution < -0.4 is 5.43 Å². The highest BCUT2D eigenvalue weighted by molar-refractivity contribution is 7.13. The molecule has 1 aromatic heterocycles. The third kappa shape index (κ3) is 4.50. The molecular formula is C15H15N3OS. The lowest BCUT2D eigenvalue weighted by atomic mass is 10.1. The zero-order valence-electron chi connectivity index (χ0n) is 11.1. The normalized spacial score (nSPS) is 10.3. The van der Waals surface area contributed by atoms with Gasteiger partial charge in [-0.2, -0.15) is 5.10 Å². The zero-order chi connectivity index (χ0) is 14.2. The predicted octanol–water partition coefficient (Wildman–Crippen LogP) is 2.63. The minimum Gasteiger partial charge on any atom is -0.395 e. The molecule has 102 valence electrons. The Balaban J connectivity index is 1.92. The van der Waals surface area contributed by atoms with Gasteiger partial charge in [-0.3, -0.25) is 5.43 Å². The van der Waals surface area contributed by atoms with Gasteiger partial charge in [-0.05, 0) is 24.6 Å². The van der Waals surface area contributed by atoms with Gasteiger partial charge in [0.05, 0.1) is 18.5 Å². The van der Waals surface area contributed by atoms with Gasteiger partial charge in [-0.15, -0.1) is 11.3 Å². The largest absolute Gasteiger partial charge is 0.395 e. The Labute approximate surface area is 122 Å². The highest BCUT2D eigenvalue weighted by Gasteiger charge is 1.94. The van der Waals surface area contributed by atoms with Crippen LogP contribution in [0.2, 0.25) is 0 Å². The van der Waals surface area contributed by atoms with Crippen LogP contribution in [0.25, 0.3) is 0 Å². The van der Waals surface area contributed by atoms with Gasteiger partial charge in [0.25, 0.3) is 0 Å². The van der Waals surface area contributed by atoms with E-state index in [-0.39, 0.29) is 6.61 Å². The van der Waals surface area contributed by atoms with E-state index >= 15 is 0 Å². The van der Waals surface area contributed by atoms with Crippen LogP contribution in [0.1, 0.15) is 23.2 Å². The highest BCUT2D eigenvalue weighted by Crippen LogP contribution is 2.13. The van der Waals surface area contributed by atoms with Crippen LogP contribution in [-0.4, -0.2) is 22.9 Å². The van der Waals surface area contributed by atoms with Gasteiger partial charge < -0.3 is 5.11 Å². The minimum absolute atomic E-state index is 0.0969. The van der Waals surface area contributed by atoms with E-state index in [0.717, 1.165) is 22.0 Å². The molecule has 0 aliphatic heterocycles. The van der Waals surface area contributed by atoms with E-state index in [2.05, 4.69) is 27.4 Å². The summed E-state index contributed by atoms with van der Waals surface area (Å²) in [4.78, 5) is 4.25. The molecule has 0 aliphatic carbocycles. The number of anilines is 1. The fraction of sp³-hybridized carbons (Fsp3) is 0.200. The molecule has 1 heterocycles. The summed E-state index contributed by atoms with van der Waals surface area (Å²) >= 11 is 1.52. The van der Waals surface area contributed by atoms with Crippen molar-refractivity contribution in [2.75, 3.05) is 12.0 Å². The molecule has 2 N–H and O–H groups in total. The first-order chi connectivity index (χ1) is 9.78. The number of thiazole rings is 1. The molecule has 0 aliphatic rings. The van der Waals surface area contributed by atoms with Crippen LogP contribution in [0.4, 0.5) is 5.13 Å². The summed E-state index contributed by atoms with van der Waals surface area (Å²) in [5.74, 6) is 5.86. The molecule has 0 atom stereocenters. The third-order valence-electron chi connectivity index (χ3n) is 2.37. The number of aliphatic hydroxyl groups excluding tert-OH is 1. The Hall–Kier alpha value is -2.16. The van der Waals surface area contributed by atoms with Gasteiger partial charge in [-0.1, -0.05) is 24.0 Å². The number of nitrogens with zero attached hydrogens (tertiary/aromatic N) is 2. The Morgan fingerprint density at radius 1 is 1.40 bits per heavy atom. The van der Waals surface area contributed by atoms with Crippen LogP contribution in [0, 0.1) is 18.8 Å². The molecule has 0 fully saturated rings. The molecule has 0 bridgehead atoms. The summed E-state index contributed by atoms with van der Waals surface area (Å²) in [5.41, 5.74) is 5.79. The van der Waals surface area contributed by atoms with Gasteiger partial charge in [0.15, 0.2) is 0 Å². The van der Waals surface area contributed by atoms with Crippen molar-refractivity contribution in [2.24, 2.45) is 5.10 Å². The maximum absolute atomic E-state index is 8.65. The van der Waals surface area contributed by atoms with E-state index < -0.39 is 0 Å². The summed E-state index contributed by atoms with van der Waals surface area (Å²) in [7, 11) is 0. The quantitative estimate of drug-likeness (QED) is 0.516. The monoisotopic (exact) mass is 285 g/mol. The van der Waals surface area contributed by atoms with E-state index in [4.69, 9.17) is 5.11 Å². The van der Waals surface area contributed by atoms with Gasteiger partial charge in [-0.25, -0.2) is 4.98 Å². The summed E-state index contributed by atoms with van der Waals surface area (Å²) < 4.78 is 0. The standard InChI is InChI=1S/C15H15N3OS/c1-12-11-20-15(17-12)18-16-10-14-7-5-13(6-8-14)4-2-3-9-19/h5-8,10-11,19H,3,9H2,1H3,(H,17,18). The number of aryl methyl sites for hydroxylation is 1. The molecular weight excluding hydrogens is 270 g/mol. The second kappa shape index (κ2) is 7.43. The summed E-state index contributed by atoms with van der Waals surface area (Å²) in [6, 6.07) is 7.75. The molecule has 0 radical (unpaired) electrons. The number of nitrogens with one attached hydrogen (secondary N) is 1. The maximum atomic E-state index is 8.65. The molecule has 1 aromatic carbocycles. The summed E-state index contributed by atoms with van der Waals surface area (Å²) in [5, 5.41) is 15.5. The predicted molar refractivity (Wildman–Crippen MR) is 83.1 cm³/mol. The second-order valence-corrected chi connectivity index (χ2v) is 4.92. The molecule has 20 heavy (non-hydrogen) atoms. The van der Waals surface area contributed by atoms with Crippen molar-refractivity contribution in [3.8, 4) is 11.8 Å². The average molecular weight is 285 g/mol. The number of hydrazone groups is 1. The molecule has 2 aromatic rings.